The molecule has 3 heteroatoms. The molecule has 3 nitrogen and oxygen atoms in total. The Bertz CT molecular complexity index is 165. The number of nitrogens with zero attached hydrogens (tertiary/aromatic N) is 1. The van der Waals surface area contributed by atoms with E-state index in [4.69, 9.17) is 0 Å². The van der Waals surface area contributed by atoms with Gasteiger partial charge in [-0.3, -0.25) is 9.80 Å². The first-order valence-corrected chi connectivity index (χ1v) is 3.41. The van der Waals surface area contributed by atoms with E-state index in [0.29, 0.717) is 5.92 Å². The minimum absolute atomic E-state index is 0.0422. The Balaban J connectivity index is 2.62. The Hall–Kier alpha value is -0.830. The number of amides is 1. The van der Waals surface area contributed by atoms with Crippen LogP contribution in [-0.4, -0.2) is 24.5 Å². The van der Waals surface area contributed by atoms with Crippen LogP contribution in [-0.2, 0) is 4.79 Å². The molecule has 0 radical (unpaired) electrons. The van der Waals surface area contributed by atoms with E-state index in [2.05, 4.69) is 12.3 Å². The first-order valence-electron chi connectivity index (χ1n) is 3.41. The third-order valence-corrected chi connectivity index (χ3v) is 1.57. The van der Waals surface area contributed by atoms with E-state index in [1.807, 2.05) is 6.08 Å². The highest BCUT2D eigenvalue weighted by molar-refractivity contribution is 5.88. The third kappa shape index (κ3) is 1.36. The molecule has 1 amide bonds. The van der Waals surface area contributed by atoms with Crippen LogP contribution in [0.5, 0.6) is 0 Å². The van der Waals surface area contributed by atoms with Gasteiger partial charge in [0.1, 0.15) is 0 Å². The molecule has 0 aromatic carbocycles. The molecule has 0 saturated heterocycles. The summed E-state index contributed by atoms with van der Waals surface area (Å²) in [6, 6.07) is 0. The van der Waals surface area contributed by atoms with Crippen molar-refractivity contribution >= 4 is 5.91 Å². The second-order valence-corrected chi connectivity index (χ2v) is 2.51. The summed E-state index contributed by atoms with van der Waals surface area (Å²) in [4.78, 5) is 10.9. The Morgan fingerprint density at radius 2 is 2.50 bits per heavy atom. The molecule has 1 atom stereocenters. The van der Waals surface area contributed by atoms with E-state index in [1.54, 1.807) is 18.1 Å². The van der Waals surface area contributed by atoms with Crippen LogP contribution in [0.15, 0.2) is 12.2 Å². The molecular weight excluding hydrogens is 128 g/mol. The second kappa shape index (κ2) is 2.84. The normalized spacial score (nSPS) is 25.6. The summed E-state index contributed by atoms with van der Waals surface area (Å²) in [6.45, 7) is 2.85. The van der Waals surface area contributed by atoms with E-state index in [9.17, 15) is 4.79 Å². The zero-order valence-electron chi connectivity index (χ0n) is 6.29. The molecule has 0 spiro atoms. The molecule has 0 aliphatic carbocycles. The summed E-state index contributed by atoms with van der Waals surface area (Å²) in [5.74, 6) is 0.505. The van der Waals surface area contributed by atoms with Gasteiger partial charge in [0.25, 0.3) is 5.91 Å². The van der Waals surface area contributed by atoms with Crippen molar-refractivity contribution in [3.8, 4) is 0 Å². The molecule has 1 heterocycles. The minimum atomic E-state index is 0.0422. The Labute approximate surface area is 60.7 Å². The van der Waals surface area contributed by atoms with Gasteiger partial charge in [0.15, 0.2) is 0 Å². The average molecular weight is 140 g/mol. The quantitative estimate of drug-likeness (QED) is 0.562. The topological polar surface area (TPSA) is 32.3 Å². The number of nitrogens with one attached hydrogen (secondary N) is 1. The van der Waals surface area contributed by atoms with Crippen molar-refractivity contribution in [2.24, 2.45) is 5.92 Å². The third-order valence-electron chi connectivity index (χ3n) is 1.57. The summed E-state index contributed by atoms with van der Waals surface area (Å²) in [6.07, 6.45) is 3.53. The highest BCUT2D eigenvalue weighted by atomic mass is 16.2. The monoisotopic (exact) mass is 140 g/mol. The van der Waals surface area contributed by atoms with Crippen LogP contribution in [0, 0.1) is 5.92 Å². The van der Waals surface area contributed by atoms with Gasteiger partial charge < -0.3 is 0 Å². The van der Waals surface area contributed by atoms with Crippen molar-refractivity contribution < 1.29 is 4.79 Å². The van der Waals surface area contributed by atoms with Gasteiger partial charge in [0, 0.05) is 19.7 Å². The van der Waals surface area contributed by atoms with E-state index in [-0.39, 0.29) is 5.91 Å². The lowest BCUT2D eigenvalue weighted by atomic mass is 10.1. The molecule has 56 valence electrons. The van der Waals surface area contributed by atoms with Crippen molar-refractivity contribution in [2.75, 3.05) is 13.6 Å². The number of hydrazine groups is 1. The maximum absolute atomic E-state index is 10.9. The molecule has 1 unspecified atom stereocenters. The molecule has 1 aliphatic rings. The Morgan fingerprint density at radius 1 is 1.80 bits per heavy atom. The molecule has 0 aromatic rings. The van der Waals surface area contributed by atoms with Gasteiger partial charge in [0.2, 0.25) is 0 Å². The van der Waals surface area contributed by atoms with Crippen LogP contribution in [0.3, 0.4) is 0 Å². The van der Waals surface area contributed by atoms with Crippen LogP contribution in [0.4, 0.5) is 0 Å². The molecule has 10 heavy (non-hydrogen) atoms. The van der Waals surface area contributed by atoms with Crippen LogP contribution in [0.25, 0.3) is 0 Å². The molecule has 1 N–H and O–H groups in total. The Kier molecular flexibility index (Phi) is 2.06. The fraction of sp³-hybridized carbons (Fsp3) is 0.571. The van der Waals surface area contributed by atoms with Gasteiger partial charge >= 0.3 is 0 Å². The van der Waals surface area contributed by atoms with Crippen LogP contribution < -0.4 is 5.43 Å². The zero-order chi connectivity index (χ0) is 7.56. The van der Waals surface area contributed by atoms with Crippen LogP contribution >= 0.6 is 0 Å². The molecular formula is C7H12N2O. The van der Waals surface area contributed by atoms with Crippen LogP contribution in [0.2, 0.25) is 0 Å². The minimum Gasteiger partial charge on any atom is -0.274 e. The number of carbonyl (C=O) groups excluding carboxylic acids is 1. The second-order valence-electron chi connectivity index (χ2n) is 2.51. The maximum Gasteiger partial charge on any atom is 0.260 e. The highest BCUT2D eigenvalue weighted by Gasteiger charge is 2.15. The summed E-state index contributed by atoms with van der Waals surface area (Å²) >= 11 is 0. The summed E-state index contributed by atoms with van der Waals surface area (Å²) in [7, 11) is 1.75. The first kappa shape index (κ1) is 7.28. The largest absolute Gasteiger partial charge is 0.274 e. The summed E-state index contributed by atoms with van der Waals surface area (Å²) in [5, 5.41) is 1.60. The predicted molar refractivity (Wildman–Crippen MR) is 39.1 cm³/mol. The summed E-state index contributed by atoms with van der Waals surface area (Å²) < 4.78 is 0. The average Bonchev–Trinajstić information content (AvgIpc) is 1.94. The van der Waals surface area contributed by atoms with Crippen molar-refractivity contribution in [3.05, 3.63) is 12.2 Å². The fourth-order valence-electron chi connectivity index (χ4n) is 0.977. The molecule has 0 fully saturated rings. The lowest BCUT2D eigenvalue weighted by Gasteiger charge is -2.25. The maximum atomic E-state index is 10.9. The summed E-state index contributed by atoms with van der Waals surface area (Å²) in [5.41, 5.74) is 2.82. The van der Waals surface area contributed by atoms with Crippen molar-refractivity contribution in [1.29, 1.82) is 0 Å². The van der Waals surface area contributed by atoms with E-state index < -0.39 is 0 Å². The van der Waals surface area contributed by atoms with E-state index in [0.717, 1.165) is 6.54 Å². The fourth-order valence-corrected chi connectivity index (χ4v) is 0.977. The van der Waals surface area contributed by atoms with Gasteiger partial charge in [-0.15, -0.1) is 0 Å². The first-order chi connectivity index (χ1) is 4.74. The molecule has 0 aromatic heterocycles. The van der Waals surface area contributed by atoms with Crippen molar-refractivity contribution in [1.82, 2.24) is 10.4 Å². The smallest absolute Gasteiger partial charge is 0.260 e. The van der Waals surface area contributed by atoms with Crippen LogP contribution in [0.1, 0.15) is 6.92 Å². The lowest BCUT2D eigenvalue weighted by molar-refractivity contribution is -0.129. The predicted octanol–water partition coefficient (Wildman–Crippen LogP) is 0.155. The Morgan fingerprint density at radius 3 is 3.00 bits per heavy atom. The number of hydrogen-bond acceptors (Lipinski definition) is 2. The number of hydrogen-bond donors (Lipinski definition) is 1. The molecule has 0 bridgehead atoms. The van der Waals surface area contributed by atoms with Gasteiger partial charge in [-0.1, -0.05) is 13.0 Å². The van der Waals surface area contributed by atoms with Gasteiger partial charge in [-0.05, 0) is 5.92 Å². The number of rotatable bonds is 1. The number of carbonyl (C=O) groups is 1. The van der Waals surface area contributed by atoms with Gasteiger partial charge in [-0.2, -0.15) is 0 Å². The van der Waals surface area contributed by atoms with E-state index >= 15 is 0 Å². The highest BCUT2D eigenvalue weighted by Crippen LogP contribution is 2.06. The zero-order valence-corrected chi connectivity index (χ0v) is 6.29. The van der Waals surface area contributed by atoms with Crippen molar-refractivity contribution in [2.45, 2.75) is 6.92 Å². The lowest BCUT2D eigenvalue weighted by Crippen LogP contribution is -2.44. The van der Waals surface area contributed by atoms with E-state index in [1.165, 1.54) is 0 Å². The van der Waals surface area contributed by atoms with Gasteiger partial charge in [0.05, 0.1) is 0 Å². The standard InChI is InChI=1S/C7H12N2O/c1-6-3-4-7(10)9(5-6)8-2/h3-4,6,8H,5H2,1-2H3. The molecule has 1 aliphatic heterocycles. The van der Waals surface area contributed by atoms with Crippen molar-refractivity contribution in [3.63, 3.8) is 0 Å². The van der Waals surface area contributed by atoms with Gasteiger partial charge in [-0.25, -0.2) is 5.43 Å². The SMILES string of the molecule is CNN1CC(C)C=CC1=O. The molecule has 1 rings (SSSR count). The molecule has 0 saturated carbocycles.